The molecule has 0 fully saturated rings. The Morgan fingerprint density at radius 3 is 2.61 bits per heavy atom. The third-order valence-electron chi connectivity index (χ3n) is 4.38. The van der Waals surface area contributed by atoms with Crippen LogP contribution in [-0.2, 0) is 37.3 Å². The van der Waals surface area contributed by atoms with Crippen molar-refractivity contribution in [2.75, 3.05) is 6.54 Å². The van der Waals surface area contributed by atoms with Crippen LogP contribution < -0.4 is 10.6 Å². The lowest BCUT2D eigenvalue weighted by Crippen LogP contribution is -2.37. The van der Waals surface area contributed by atoms with Crippen LogP contribution in [0.5, 0.6) is 0 Å². The fourth-order valence-corrected chi connectivity index (χ4v) is 2.90. The van der Waals surface area contributed by atoms with E-state index < -0.39 is 0 Å². The van der Waals surface area contributed by atoms with Gasteiger partial charge >= 0.3 is 0 Å². The zero-order chi connectivity index (χ0) is 20.4. The zero-order valence-corrected chi connectivity index (χ0v) is 17.8. The normalized spacial score (nSPS) is 11.9. The first-order valence-electron chi connectivity index (χ1n) is 10.2. The van der Waals surface area contributed by atoms with Gasteiger partial charge in [0, 0.05) is 25.1 Å². The first kappa shape index (κ1) is 22.0. The third kappa shape index (κ3) is 6.68. The molecule has 2 N–H and O–H groups in total. The number of hydrogen-bond donors (Lipinski definition) is 2. The van der Waals surface area contributed by atoms with Gasteiger partial charge in [0.25, 0.3) is 0 Å². The molecule has 1 aromatic carbocycles. The summed E-state index contributed by atoms with van der Waals surface area (Å²) in [6.45, 7) is 13.0. The van der Waals surface area contributed by atoms with E-state index in [1.54, 1.807) is 0 Å². The number of hydrogen-bond acceptors (Lipinski definition) is 4. The van der Waals surface area contributed by atoms with Crippen molar-refractivity contribution in [3.05, 3.63) is 52.4 Å². The highest BCUT2D eigenvalue weighted by Crippen LogP contribution is 2.15. The summed E-state index contributed by atoms with van der Waals surface area (Å²) in [5, 5.41) is 10.9. The predicted octanol–water partition coefficient (Wildman–Crippen LogP) is 3.98. The highest BCUT2D eigenvalue weighted by molar-refractivity contribution is 5.79. The van der Waals surface area contributed by atoms with Crippen LogP contribution in [0.4, 0.5) is 0 Å². The number of guanidine groups is 1. The lowest BCUT2D eigenvalue weighted by atomic mass is 10.1. The fourth-order valence-electron chi connectivity index (χ4n) is 2.90. The van der Waals surface area contributed by atoms with Crippen molar-refractivity contribution in [1.29, 1.82) is 0 Å². The summed E-state index contributed by atoms with van der Waals surface area (Å²) in [7, 11) is 0. The Balaban J connectivity index is 2.02. The second-order valence-electron chi connectivity index (χ2n) is 6.97. The summed E-state index contributed by atoms with van der Waals surface area (Å²) in [6, 6.07) is 8.39. The summed E-state index contributed by atoms with van der Waals surface area (Å²) in [5.41, 5.74) is 4.49. The van der Waals surface area contributed by atoms with Gasteiger partial charge < -0.3 is 19.9 Å². The Morgan fingerprint density at radius 2 is 1.93 bits per heavy atom. The van der Waals surface area contributed by atoms with E-state index in [0.29, 0.717) is 19.7 Å². The summed E-state index contributed by atoms with van der Waals surface area (Å²) < 4.78 is 11.1. The second-order valence-corrected chi connectivity index (χ2v) is 6.97. The Morgan fingerprint density at radius 1 is 1.14 bits per heavy atom. The molecule has 6 nitrogen and oxygen atoms in total. The van der Waals surface area contributed by atoms with Gasteiger partial charge in [-0.1, -0.05) is 43.3 Å². The first-order valence-corrected chi connectivity index (χ1v) is 10.2. The molecule has 0 saturated heterocycles. The van der Waals surface area contributed by atoms with Crippen LogP contribution in [0, 0.1) is 0 Å². The van der Waals surface area contributed by atoms with Gasteiger partial charge in [0.1, 0.15) is 5.76 Å². The van der Waals surface area contributed by atoms with E-state index in [1.807, 2.05) is 13.8 Å². The van der Waals surface area contributed by atoms with Crippen molar-refractivity contribution < 1.29 is 9.26 Å². The molecule has 0 spiro atoms. The van der Waals surface area contributed by atoms with Crippen molar-refractivity contribution >= 4 is 5.96 Å². The number of aryl methyl sites for hydroxylation is 2. The van der Waals surface area contributed by atoms with Crippen molar-refractivity contribution in [1.82, 2.24) is 15.8 Å². The van der Waals surface area contributed by atoms with Gasteiger partial charge in [0.2, 0.25) is 0 Å². The lowest BCUT2D eigenvalue weighted by molar-refractivity contribution is 0.0657. The minimum absolute atomic E-state index is 0.227. The molecule has 0 saturated carbocycles. The molecule has 0 aliphatic heterocycles. The summed E-state index contributed by atoms with van der Waals surface area (Å²) >= 11 is 0. The van der Waals surface area contributed by atoms with Gasteiger partial charge in [0.15, 0.2) is 5.96 Å². The molecule has 0 unspecified atom stereocenters. The molecule has 0 amide bonds. The molecular formula is C22H34N4O2. The quantitative estimate of drug-likeness (QED) is 0.477. The molecular weight excluding hydrogens is 352 g/mol. The molecule has 154 valence electrons. The van der Waals surface area contributed by atoms with Crippen LogP contribution in [0.1, 0.15) is 62.8 Å². The standard InChI is InChI=1S/C22H34N4O2/c1-6-20-19(21(7-2)28-26-20)14-25-22(23-8-3)24-13-17-10-9-11-18(12-17)15-27-16(4)5/h9-12,16H,6-8,13-15H2,1-5H3,(H2,23,24,25). The number of benzene rings is 1. The second kappa shape index (κ2) is 11.5. The van der Waals surface area contributed by atoms with E-state index >= 15 is 0 Å². The van der Waals surface area contributed by atoms with Crippen molar-refractivity contribution in [2.24, 2.45) is 4.99 Å². The number of nitrogens with one attached hydrogen (secondary N) is 2. The average molecular weight is 387 g/mol. The van der Waals surface area contributed by atoms with Crippen molar-refractivity contribution in [3.8, 4) is 0 Å². The highest BCUT2D eigenvalue weighted by atomic mass is 16.5. The number of rotatable bonds is 10. The maximum absolute atomic E-state index is 5.70. The molecule has 1 heterocycles. The van der Waals surface area contributed by atoms with E-state index in [0.717, 1.165) is 47.9 Å². The Labute approximate surface area is 168 Å². The minimum atomic E-state index is 0.227. The van der Waals surface area contributed by atoms with Crippen LogP contribution in [0.3, 0.4) is 0 Å². The van der Waals surface area contributed by atoms with Gasteiger partial charge in [-0.25, -0.2) is 4.99 Å². The average Bonchev–Trinajstić information content (AvgIpc) is 3.10. The predicted molar refractivity (Wildman–Crippen MR) is 113 cm³/mol. The van der Waals surface area contributed by atoms with Crippen molar-refractivity contribution in [3.63, 3.8) is 0 Å². The fraction of sp³-hybridized carbons (Fsp3) is 0.545. The van der Waals surface area contributed by atoms with Gasteiger partial charge in [-0.2, -0.15) is 0 Å². The monoisotopic (exact) mass is 386 g/mol. The molecule has 28 heavy (non-hydrogen) atoms. The molecule has 1 aromatic heterocycles. The van der Waals surface area contributed by atoms with Crippen LogP contribution in [0.25, 0.3) is 0 Å². The van der Waals surface area contributed by atoms with E-state index in [-0.39, 0.29) is 6.10 Å². The number of nitrogens with zero attached hydrogens (tertiary/aromatic N) is 2. The summed E-state index contributed by atoms with van der Waals surface area (Å²) in [6.07, 6.45) is 1.92. The molecule has 0 bridgehead atoms. The van der Waals surface area contributed by atoms with E-state index in [1.165, 1.54) is 5.56 Å². The van der Waals surface area contributed by atoms with Gasteiger partial charge in [0.05, 0.1) is 24.9 Å². The van der Waals surface area contributed by atoms with Gasteiger partial charge in [-0.15, -0.1) is 0 Å². The van der Waals surface area contributed by atoms with Crippen LogP contribution >= 0.6 is 0 Å². The lowest BCUT2D eigenvalue weighted by Gasteiger charge is -2.12. The van der Waals surface area contributed by atoms with E-state index in [9.17, 15) is 0 Å². The number of aliphatic imine (C=N–C) groups is 1. The van der Waals surface area contributed by atoms with Crippen LogP contribution in [0.15, 0.2) is 33.8 Å². The third-order valence-corrected chi connectivity index (χ3v) is 4.38. The van der Waals surface area contributed by atoms with E-state index in [2.05, 4.69) is 60.8 Å². The number of aromatic nitrogens is 1. The Bertz CT molecular complexity index is 731. The molecule has 0 aliphatic carbocycles. The maximum Gasteiger partial charge on any atom is 0.191 e. The molecule has 0 atom stereocenters. The maximum atomic E-state index is 5.70. The highest BCUT2D eigenvalue weighted by Gasteiger charge is 2.13. The van der Waals surface area contributed by atoms with Crippen LogP contribution in [-0.4, -0.2) is 23.8 Å². The van der Waals surface area contributed by atoms with Crippen molar-refractivity contribution in [2.45, 2.75) is 73.3 Å². The number of ether oxygens (including phenoxy) is 1. The molecule has 0 aliphatic rings. The topological polar surface area (TPSA) is 71.7 Å². The molecule has 2 aromatic rings. The largest absolute Gasteiger partial charge is 0.374 e. The smallest absolute Gasteiger partial charge is 0.191 e. The summed E-state index contributed by atoms with van der Waals surface area (Å²) in [4.78, 5) is 4.73. The zero-order valence-electron chi connectivity index (χ0n) is 17.8. The molecule has 6 heteroatoms. The SMILES string of the molecule is CCNC(=NCc1cccc(COC(C)C)c1)NCc1c(CC)noc1CC. The molecule has 2 rings (SSSR count). The van der Waals surface area contributed by atoms with Gasteiger partial charge in [-0.05, 0) is 38.3 Å². The van der Waals surface area contributed by atoms with Crippen LogP contribution in [0.2, 0.25) is 0 Å². The minimum Gasteiger partial charge on any atom is -0.374 e. The van der Waals surface area contributed by atoms with E-state index in [4.69, 9.17) is 14.3 Å². The first-order chi connectivity index (χ1) is 13.6. The van der Waals surface area contributed by atoms with Gasteiger partial charge in [-0.3, -0.25) is 0 Å². The Kier molecular flexibility index (Phi) is 9.01. The Hall–Kier alpha value is -2.34. The molecule has 0 radical (unpaired) electrons. The summed E-state index contributed by atoms with van der Waals surface area (Å²) in [5.74, 6) is 1.73.